The standard InChI is InChI=1S/C23H28Cl3N3O4S/c1-5-15(2)27-23(31)16(3)29(13-17-6-11-20(25)21(26)12-17)22(30)14-28(4)34(32,33)19-9-7-18(24)8-10-19/h6-12,15-16H,5,13-14H2,1-4H3,(H,27,31)/t15-,16-/m1/s1. The van der Waals surface area contributed by atoms with Gasteiger partial charge < -0.3 is 10.2 Å². The van der Waals surface area contributed by atoms with Gasteiger partial charge in [-0.1, -0.05) is 47.8 Å². The van der Waals surface area contributed by atoms with Crippen LogP contribution in [-0.2, 0) is 26.2 Å². The molecule has 0 heterocycles. The molecule has 11 heteroatoms. The summed E-state index contributed by atoms with van der Waals surface area (Å²) in [4.78, 5) is 27.4. The summed E-state index contributed by atoms with van der Waals surface area (Å²) in [5.74, 6) is -0.885. The molecule has 0 aliphatic heterocycles. The zero-order chi connectivity index (χ0) is 25.6. The molecule has 0 saturated heterocycles. The molecule has 0 fully saturated rings. The highest BCUT2D eigenvalue weighted by molar-refractivity contribution is 7.89. The average Bonchev–Trinajstić information content (AvgIpc) is 2.79. The highest BCUT2D eigenvalue weighted by Crippen LogP contribution is 2.24. The minimum Gasteiger partial charge on any atom is -0.352 e. The van der Waals surface area contributed by atoms with E-state index in [4.69, 9.17) is 34.8 Å². The lowest BCUT2D eigenvalue weighted by Crippen LogP contribution is -2.51. The monoisotopic (exact) mass is 547 g/mol. The van der Waals surface area contributed by atoms with Crippen LogP contribution in [0.2, 0.25) is 15.1 Å². The Morgan fingerprint density at radius 1 is 1.00 bits per heavy atom. The molecular formula is C23H28Cl3N3O4S. The number of carbonyl (C=O) groups is 2. The Kier molecular flexibility index (Phi) is 10.2. The lowest BCUT2D eigenvalue weighted by molar-refractivity contribution is -0.140. The zero-order valence-corrected chi connectivity index (χ0v) is 22.5. The summed E-state index contributed by atoms with van der Waals surface area (Å²) in [6.45, 7) is 4.97. The first-order chi connectivity index (χ1) is 15.9. The van der Waals surface area contributed by atoms with Crippen molar-refractivity contribution in [1.29, 1.82) is 0 Å². The fourth-order valence-electron chi connectivity index (χ4n) is 3.04. The van der Waals surface area contributed by atoms with Crippen LogP contribution in [0.15, 0.2) is 47.4 Å². The van der Waals surface area contributed by atoms with Gasteiger partial charge in [0.1, 0.15) is 6.04 Å². The zero-order valence-electron chi connectivity index (χ0n) is 19.4. The van der Waals surface area contributed by atoms with Gasteiger partial charge in [-0.25, -0.2) is 8.42 Å². The predicted molar refractivity (Wildman–Crippen MR) is 136 cm³/mol. The van der Waals surface area contributed by atoms with E-state index < -0.39 is 28.5 Å². The normalized spacial score (nSPS) is 13.4. The molecule has 7 nitrogen and oxygen atoms in total. The Labute approximate surface area is 216 Å². The van der Waals surface area contributed by atoms with Crippen LogP contribution in [0.5, 0.6) is 0 Å². The summed E-state index contributed by atoms with van der Waals surface area (Å²) in [6.07, 6.45) is 0.723. The molecule has 186 valence electrons. The van der Waals surface area contributed by atoms with Crippen LogP contribution in [0.25, 0.3) is 0 Å². The van der Waals surface area contributed by atoms with Crippen LogP contribution in [0.4, 0.5) is 0 Å². The highest BCUT2D eigenvalue weighted by atomic mass is 35.5. The second kappa shape index (κ2) is 12.2. The van der Waals surface area contributed by atoms with E-state index in [1.165, 1.54) is 36.2 Å². The van der Waals surface area contributed by atoms with Crippen LogP contribution in [0.3, 0.4) is 0 Å². The summed E-state index contributed by atoms with van der Waals surface area (Å²) in [6, 6.07) is 9.63. The van der Waals surface area contributed by atoms with Gasteiger partial charge in [0, 0.05) is 24.7 Å². The molecule has 0 saturated carbocycles. The number of amides is 2. The maximum atomic E-state index is 13.3. The van der Waals surface area contributed by atoms with Crippen molar-refractivity contribution in [2.75, 3.05) is 13.6 Å². The number of nitrogens with one attached hydrogen (secondary N) is 1. The van der Waals surface area contributed by atoms with Crippen molar-refractivity contribution >= 4 is 56.6 Å². The molecule has 2 aromatic rings. The molecule has 2 amide bonds. The van der Waals surface area contributed by atoms with Crippen LogP contribution >= 0.6 is 34.8 Å². The van der Waals surface area contributed by atoms with Crippen molar-refractivity contribution < 1.29 is 18.0 Å². The van der Waals surface area contributed by atoms with Crippen LogP contribution in [0.1, 0.15) is 32.8 Å². The third kappa shape index (κ3) is 7.33. The number of sulfonamides is 1. The number of carbonyl (C=O) groups excluding carboxylic acids is 2. The smallest absolute Gasteiger partial charge is 0.243 e. The summed E-state index contributed by atoms with van der Waals surface area (Å²) in [7, 11) is -2.64. The van der Waals surface area contributed by atoms with E-state index in [0.717, 1.165) is 10.7 Å². The highest BCUT2D eigenvalue weighted by Gasteiger charge is 2.30. The summed E-state index contributed by atoms with van der Waals surface area (Å²) < 4.78 is 26.8. The van der Waals surface area contributed by atoms with Gasteiger partial charge in [0.25, 0.3) is 0 Å². The molecule has 0 bridgehead atoms. The summed E-state index contributed by atoms with van der Waals surface area (Å²) in [5, 5.41) is 3.93. The number of nitrogens with zero attached hydrogens (tertiary/aromatic N) is 2. The number of rotatable bonds is 10. The lowest BCUT2D eigenvalue weighted by Gasteiger charge is -2.31. The molecule has 0 radical (unpaired) electrons. The number of hydrogen-bond acceptors (Lipinski definition) is 4. The molecule has 1 N–H and O–H groups in total. The van der Waals surface area contributed by atoms with Crippen molar-refractivity contribution in [1.82, 2.24) is 14.5 Å². The summed E-state index contributed by atoms with van der Waals surface area (Å²) in [5.41, 5.74) is 0.647. The Morgan fingerprint density at radius 2 is 1.62 bits per heavy atom. The lowest BCUT2D eigenvalue weighted by atomic mass is 10.1. The van der Waals surface area contributed by atoms with Crippen molar-refractivity contribution in [3.05, 3.63) is 63.1 Å². The average molecular weight is 549 g/mol. The Balaban J connectivity index is 2.30. The molecule has 2 rings (SSSR count). The maximum absolute atomic E-state index is 13.3. The van der Waals surface area contributed by atoms with Gasteiger partial charge in [0.05, 0.1) is 21.5 Å². The summed E-state index contributed by atoms with van der Waals surface area (Å²) >= 11 is 18.0. The Morgan fingerprint density at radius 3 is 2.18 bits per heavy atom. The minimum atomic E-state index is -3.95. The third-order valence-corrected chi connectivity index (χ3v) is 8.19. The number of benzene rings is 2. The van der Waals surface area contributed by atoms with Gasteiger partial charge >= 0.3 is 0 Å². The first-order valence-electron chi connectivity index (χ1n) is 10.6. The molecule has 0 aromatic heterocycles. The fourth-order valence-corrected chi connectivity index (χ4v) is 4.60. The van der Waals surface area contributed by atoms with Crippen LogP contribution in [0, 0.1) is 0 Å². The van der Waals surface area contributed by atoms with E-state index >= 15 is 0 Å². The SMILES string of the molecule is CC[C@@H](C)NC(=O)[C@@H](C)N(Cc1ccc(Cl)c(Cl)c1)C(=O)CN(C)S(=O)(=O)c1ccc(Cl)cc1. The van der Waals surface area contributed by atoms with Crippen molar-refractivity contribution in [2.45, 2.75) is 50.7 Å². The molecule has 0 unspecified atom stereocenters. The molecular weight excluding hydrogens is 521 g/mol. The van der Waals surface area contributed by atoms with Crippen LogP contribution < -0.4 is 5.32 Å². The van der Waals surface area contributed by atoms with Crippen molar-refractivity contribution in [3.63, 3.8) is 0 Å². The molecule has 0 aliphatic carbocycles. The molecule has 0 aliphatic rings. The van der Waals surface area contributed by atoms with E-state index in [0.29, 0.717) is 20.6 Å². The van der Waals surface area contributed by atoms with Crippen molar-refractivity contribution in [2.24, 2.45) is 0 Å². The van der Waals surface area contributed by atoms with Gasteiger partial charge in [0.2, 0.25) is 21.8 Å². The quantitative estimate of drug-likeness (QED) is 0.470. The van der Waals surface area contributed by atoms with Crippen molar-refractivity contribution in [3.8, 4) is 0 Å². The van der Waals surface area contributed by atoms with E-state index in [2.05, 4.69) is 5.32 Å². The first kappa shape index (κ1) is 28.4. The molecule has 0 spiro atoms. The number of likely N-dealkylation sites (N-methyl/N-ethyl adjacent to an activating group) is 1. The Hall–Kier alpha value is -1.84. The second-order valence-corrected chi connectivity index (χ2v) is 11.3. The van der Waals surface area contributed by atoms with E-state index in [-0.39, 0.29) is 23.4 Å². The van der Waals surface area contributed by atoms with Crippen LogP contribution in [-0.4, -0.2) is 55.1 Å². The van der Waals surface area contributed by atoms with Gasteiger partial charge in [0.15, 0.2) is 0 Å². The van der Waals surface area contributed by atoms with Gasteiger partial charge in [-0.15, -0.1) is 0 Å². The fraction of sp³-hybridized carbons (Fsp3) is 0.391. The largest absolute Gasteiger partial charge is 0.352 e. The van der Waals surface area contributed by atoms with Gasteiger partial charge in [-0.2, -0.15) is 4.31 Å². The Bertz CT molecular complexity index is 1130. The molecule has 2 atom stereocenters. The topological polar surface area (TPSA) is 86.8 Å². The van der Waals surface area contributed by atoms with E-state index in [9.17, 15) is 18.0 Å². The maximum Gasteiger partial charge on any atom is 0.243 e. The second-order valence-electron chi connectivity index (χ2n) is 7.98. The third-order valence-electron chi connectivity index (χ3n) is 5.38. The number of halogens is 3. The predicted octanol–water partition coefficient (Wildman–Crippen LogP) is 4.60. The van der Waals surface area contributed by atoms with E-state index in [1.54, 1.807) is 25.1 Å². The minimum absolute atomic E-state index is 0.00537. The van der Waals surface area contributed by atoms with Gasteiger partial charge in [-0.05, 0) is 62.2 Å². The van der Waals surface area contributed by atoms with Gasteiger partial charge in [-0.3, -0.25) is 9.59 Å². The van der Waals surface area contributed by atoms with E-state index in [1.807, 2.05) is 13.8 Å². The molecule has 2 aromatic carbocycles. The molecule has 34 heavy (non-hydrogen) atoms. The first-order valence-corrected chi connectivity index (χ1v) is 13.2. The number of hydrogen-bond donors (Lipinski definition) is 1.